The third-order valence-corrected chi connectivity index (χ3v) is 18.8. The maximum atomic E-state index is 10.0. The quantitative estimate of drug-likeness (QED) is 0.0706. The number of aromatic nitrogens is 6. The van der Waals surface area contributed by atoms with Crippen LogP contribution in [0.15, 0.2) is 309 Å². The number of allylic oxidation sites excluding steroid dienone is 6. The largest absolute Gasteiger partial charge is 0.512 e. The van der Waals surface area contributed by atoms with Gasteiger partial charge in [-0.05, 0) is 130 Å². The van der Waals surface area contributed by atoms with Gasteiger partial charge in [-0.3, -0.25) is 29.3 Å². The van der Waals surface area contributed by atoms with Gasteiger partial charge < -0.3 is 15.3 Å². The van der Waals surface area contributed by atoms with Crippen LogP contribution in [-0.4, -0.2) is 62.6 Å². The first-order valence-corrected chi connectivity index (χ1v) is 37.3. The number of hydrogen-bond donors (Lipinski definition) is 3. The van der Waals surface area contributed by atoms with Gasteiger partial charge in [0, 0.05) is 119 Å². The van der Waals surface area contributed by atoms with Gasteiger partial charge in [0.15, 0.2) is 34.8 Å². The molecule has 0 spiro atoms. The van der Waals surface area contributed by atoms with E-state index in [9.17, 15) is 14.4 Å². The van der Waals surface area contributed by atoms with E-state index in [2.05, 4.69) is 270 Å². The molecule has 4 heterocycles. The van der Waals surface area contributed by atoms with Crippen LogP contribution in [0.1, 0.15) is 99.9 Å². The van der Waals surface area contributed by atoms with Crippen LogP contribution in [0.4, 0.5) is 0 Å². The molecule has 0 amide bonds. The molecule has 15 heteroatoms. The van der Waals surface area contributed by atoms with E-state index in [1.807, 2.05) is 73.1 Å². The average molecular weight is 2060 g/mol. The van der Waals surface area contributed by atoms with Crippen LogP contribution in [0, 0.1) is 45.9 Å². The molecular formula is C101H89Ir3N6O6-3. The van der Waals surface area contributed by atoms with E-state index in [1.54, 1.807) is 0 Å². The van der Waals surface area contributed by atoms with Crippen molar-refractivity contribution in [2.45, 2.75) is 94.9 Å². The van der Waals surface area contributed by atoms with E-state index in [1.165, 1.54) is 143 Å². The van der Waals surface area contributed by atoms with Crippen LogP contribution in [0.2, 0.25) is 0 Å². The summed E-state index contributed by atoms with van der Waals surface area (Å²) in [6, 6.07) is 101. The number of rotatable bonds is 9. The van der Waals surface area contributed by atoms with Crippen molar-refractivity contribution in [2.24, 2.45) is 0 Å². The fraction of sp³-hybridized carbons (Fsp3) is 0.139. The van der Waals surface area contributed by atoms with Gasteiger partial charge in [-0.25, -0.2) is 15.0 Å². The second-order valence-corrected chi connectivity index (χ2v) is 28.4. The Balaban J connectivity index is 0.000000181. The van der Waals surface area contributed by atoms with E-state index in [4.69, 9.17) is 35.3 Å². The van der Waals surface area contributed by atoms with Gasteiger partial charge in [-0.15, -0.1) is 87.6 Å². The standard InChI is InChI=1S/C30H23N3.C24H18N.2C16H12N.3C5H8O2.3Ir/c1-19-7-11-21(12-8-19)28-31-29(22-13-9-20(2)10-14-22)33-30(32-28)24-15-16-27-25(18-24)17-23-5-3-4-6-26(23)27;1-24(2)20-9-5-4-8-18(20)19-13-11-17(15-21(19)24)23-14-12-16-7-3-6-10-22(16)25-23;1-12-10-14(16-8-4-5-9-17-16)11-13-6-2-3-7-15(12)13;1-12-10-13-6-2-3-7-14(13)11-15(12)16-8-4-5-9-17-16;3*1-4(6)3-5(2)7;;;/h3-16,18H,17H2,1-2H3;3-10,12-15H,1-2H3;2*2-10H,1H3;3*3,6H,1-2H3;;;/q;3*-1;;;;;;. The fourth-order valence-electron chi connectivity index (χ4n) is 13.5. The number of fused-ring (bicyclic) bond motifs is 9. The third kappa shape index (κ3) is 23.7. The zero-order chi connectivity index (χ0) is 80.3. The van der Waals surface area contributed by atoms with Crippen molar-refractivity contribution in [3.05, 3.63) is 371 Å². The van der Waals surface area contributed by atoms with Crippen LogP contribution < -0.4 is 0 Å². The molecule has 4 aromatic heterocycles. The number of aliphatic hydroxyl groups excluding tert-OH is 3. The number of carbonyl (C=O) groups excluding carboxylic acids is 3. The van der Waals surface area contributed by atoms with Crippen molar-refractivity contribution >= 4 is 49.8 Å². The summed E-state index contributed by atoms with van der Waals surface area (Å²) < 4.78 is 0. The molecule has 0 saturated heterocycles. The van der Waals surface area contributed by atoms with Crippen LogP contribution >= 0.6 is 0 Å². The molecule has 12 nitrogen and oxygen atoms in total. The second kappa shape index (κ2) is 42.0. The monoisotopic (exact) mass is 2060 g/mol. The van der Waals surface area contributed by atoms with Crippen molar-refractivity contribution in [1.82, 2.24) is 29.9 Å². The van der Waals surface area contributed by atoms with Crippen LogP contribution in [-0.2, 0) is 86.5 Å². The molecule has 0 atom stereocenters. The van der Waals surface area contributed by atoms with E-state index in [-0.39, 0.29) is 100 Å². The molecule has 116 heavy (non-hydrogen) atoms. The molecule has 17 rings (SSSR count). The first kappa shape index (κ1) is 89.8. The molecule has 2 aliphatic rings. The summed E-state index contributed by atoms with van der Waals surface area (Å²) in [5, 5.41) is 31.0. The van der Waals surface area contributed by atoms with E-state index in [0.29, 0.717) is 17.5 Å². The molecule has 0 bridgehead atoms. The maximum absolute atomic E-state index is 10.0. The Kier molecular flexibility index (Phi) is 32.5. The Labute approximate surface area is 720 Å². The molecule has 0 saturated carbocycles. The SMILES string of the molecule is CC(=O)C=C(C)O.CC(=O)C=C(C)O.CC(=O)C=C(C)O.CC1(C)c2ccccc2-c2c[c-]c(-c3ccc4ccccc4n3)cc21.Cc1cc(-c2ccccn2)[c-]c2ccccc12.Cc1cc2ccccc2[c-]c1-c1ccccn1.Cc1ccc(-c2nc(-c3ccc(C)cc3)nc(-c3ccc4c(c3)Cc3ccccc3-4)n2)cc1.[Ir].[Ir].[Ir]. The third-order valence-electron chi connectivity index (χ3n) is 18.8. The molecule has 0 fully saturated rings. The van der Waals surface area contributed by atoms with Gasteiger partial charge in [0.1, 0.15) is 0 Å². The number of pyridine rings is 3. The summed E-state index contributed by atoms with van der Waals surface area (Å²) in [4.78, 5) is 58.3. The Hall–Kier alpha value is -11.8. The van der Waals surface area contributed by atoms with Gasteiger partial charge in [-0.2, -0.15) is 0 Å². The number of hydrogen-bond acceptors (Lipinski definition) is 12. The summed E-state index contributed by atoms with van der Waals surface area (Å²) in [5.74, 6) is 1.90. The zero-order valence-electron chi connectivity index (χ0n) is 66.7. The van der Waals surface area contributed by atoms with E-state index in [0.717, 1.165) is 73.2 Å². The van der Waals surface area contributed by atoms with Gasteiger partial charge >= 0.3 is 0 Å². The van der Waals surface area contributed by atoms with Crippen molar-refractivity contribution in [1.29, 1.82) is 0 Å². The number of para-hydroxylation sites is 1. The topological polar surface area (TPSA) is 189 Å². The summed E-state index contributed by atoms with van der Waals surface area (Å²) in [5.41, 5.74) is 25.8. The number of carbonyl (C=O) groups is 3. The van der Waals surface area contributed by atoms with Crippen LogP contribution in [0.3, 0.4) is 0 Å². The molecule has 15 aromatic rings. The smallest absolute Gasteiger partial charge is 0.164 e. The summed E-state index contributed by atoms with van der Waals surface area (Å²) >= 11 is 0. The molecular weight excluding hydrogens is 1970 g/mol. The molecule has 0 unspecified atom stereocenters. The summed E-state index contributed by atoms with van der Waals surface area (Å²) in [6.45, 7) is 21.6. The Morgan fingerprint density at radius 3 is 1.45 bits per heavy atom. The van der Waals surface area contributed by atoms with Gasteiger partial charge in [-0.1, -0.05) is 272 Å². The average Bonchev–Trinajstić information content (AvgIpc) is 1.59. The van der Waals surface area contributed by atoms with Crippen molar-refractivity contribution < 1.29 is 90.0 Å². The molecule has 3 radical (unpaired) electrons. The minimum atomic E-state index is -0.125. The molecule has 2 aliphatic carbocycles. The number of nitrogens with zero attached hydrogens (tertiary/aromatic N) is 6. The van der Waals surface area contributed by atoms with Crippen molar-refractivity contribution in [3.63, 3.8) is 0 Å². The van der Waals surface area contributed by atoms with E-state index < -0.39 is 0 Å². The normalized spacial score (nSPS) is 11.6. The fourth-order valence-corrected chi connectivity index (χ4v) is 13.5. The first-order chi connectivity index (χ1) is 54.3. The molecule has 11 aromatic carbocycles. The van der Waals surface area contributed by atoms with Crippen LogP contribution in [0.25, 0.3) is 123 Å². The number of benzene rings is 11. The summed E-state index contributed by atoms with van der Waals surface area (Å²) in [7, 11) is 0. The summed E-state index contributed by atoms with van der Waals surface area (Å²) in [6.07, 6.45) is 8.07. The number of ketones is 3. The maximum Gasteiger partial charge on any atom is 0.164 e. The minimum absolute atomic E-state index is 0. The second-order valence-electron chi connectivity index (χ2n) is 28.4. The Morgan fingerprint density at radius 1 is 0.388 bits per heavy atom. The van der Waals surface area contributed by atoms with Crippen molar-refractivity contribution in [3.8, 4) is 90.2 Å². The zero-order valence-corrected chi connectivity index (χ0v) is 73.9. The molecule has 589 valence electrons. The molecule has 3 N–H and O–H groups in total. The van der Waals surface area contributed by atoms with E-state index >= 15 is 0 Å². The Morgan fingerprint density at radius 2 is 0.879 bits per heavy atom. The number of aliphatic hydroxyl groups is 3. The molecule has 0 aliphatic heterocycles. The number of aryl methyl sites for hydroxylation is 4. The predicted octanol–water partition coefficient (Wildman–Crippen LogP) is 24.2. The predicted molar refractivity (Wildman–Crippen MR) is 460 cm³/mol. The van der Waals surface area contributed by atoms with Gasteiger partial charge in [0.05, 0.1) is 22.8 Å². The first-order valence-electron chi connectivity index (χ1n) is 37.3. The minimum Gasteiger partial charge on any atom is -0.512 e. The van der Waals surface area contributed by atoms with Crippen LogP contribution in [0.5, 0.6) is 0 Å². The van der Waals surface area contributed by atoms with Gasteiger partial charge in [0.25, 0.3) is 0 Å². The van der Waals surface area contributed by atoms with Crippen molar-refractivity contribution in [2.75, 3.05) is 0 Å². The Bertz CT molecular complexity index is 5910. The van der Waals surface area contributed by atoms with Gasteiger partial charge in [0.2, 0.25) is 0 Å².